The Bertz CT molecular complexity index is 371. The zero-order valence-corrected chi connectivity index (χ0v) is 10.6. The molecule has 3 fully saturated rings. The highest BCUT2D eigenvalue weighted by atomic mass is 16.2. The molecule has 1 heterocycles. The monoisotopic (exact) mass is 251 g/mol. The molecule has 18 heavy (non-hydrogen) atoms. The number of nitrogens with zero attached hydrogens (tertiary/aromatic N) is 1. The van der Waals surface area contributed by atoms with Gasteiger partial charge in [-0.05, 0) is 31.1 Å². The maximum Gasteiger partial charge on any atom is 0.241 e. The first kappa shape index (κ1) is 12.0. The first-order chi connectivity index (χ1) is 8.66. The number of hydrogen-bond acceptors (Lipinski definition) is 3. The fourth-order valence-electron chi connectivity index (χ4n) is 3.98. The summed E-state index contributed by atoms with van der Waals surface area (Å²) in [5, 5.41) is 3.13. The van der Waals surface area contributed by atoms with Gasteiger partial charge in [-0.15, -0.1) is 0 Å². The third kappa shape index (κ3) is 1.90. The van der Waals surface area contributed by atoms with Crippen molar-refractivity contribution in [1.29, 1.82) is 0 Å². The third-order valence-electron chi connectivity index (χ3n) is 4.91. The summed E-state index contributed by atoms with van der Waals surface area (Å²) in [6.45, 7) is 1.87. The van der Waals surface area contributed by atoms with Crippen molar-refractivity contribution in [2.75, 3.05) is 19.6 Å². The van der Waals surface area contributed by atoms with Crippen molar-refractivity contribution in [2.45, 2.75) is 31.7 Å². The predicted octanol–water partition coefficient (Wildman–Crippen LogP) is -0.292. The Morgan fingerprint density at radius 1 is 1.22 bits per heavy atom. The van der Waals surface area contributed by atoms with Gasteiger partial charge >= 0.3 is 0 Å². The van der Waals surface area contributed by atoms with Crippen LogP contribution in [0.15, 0.2) is 0 Å². The summed E-state index contributed by atoms with van der Waals surface area (Å²) in [7, 11) is 0. The molecule has 0 aromatic heterocycles. The van der Waals surface area contributed by atoms with Crippen LogP contribution in [0.3, 0.4) is 0 Å². The minimum absolute atomic E-state index is 0.156. The van der Waals surface area contributed by atoms with E-state index in [0.29, 0.717) is 19.0 Å². The van der Waals surface area contributed by atoms with E-state index in [0.717, 1.165) is 18.9 Å². The number of carbonyl (C=O) groups excluding carboxylic acids is 2. The molecule has 0 aromatic carbocycles. The molecule has 4 atom stereocenters. The van der Waals surface area contributed by atoms with E-state index in [9.17, 15) is 9.59 Å². The van der Waals surface area contributed by atoms with Crippen molar-refractivity contribution >= 4 is 11.8 Å². The van der Waals surface area contributed by atoms with Crippen molar-refractivity contribution in [1.82, 2.24) is 10.2 Å². The lowest BCUT2D eigenvalue weighted by Crippen LogP contribution is -2.60. The van der Waals surface area contributed by atoms with E-state index in [1.54, 1.807) is 4.90 Å². The second kappa shape index (κ2) is 4.53. The van der Waals surface area contributed by atoms with Gasteiger partial charge in [0.1, 0.15) is 6.04 Å². The molecule has 0 spiro atoms. The number of amides is 2. The predicted molar refractivity (Wildman–Crippen MR) is 66.5 cm³/mol. The van der Waals surface area contributed by atoms with E-state index in [2.05, 4.69) is 5.32 Å². The molecule has 2 amide bonds. The average Bonchev–Trinajstić information content (AvgIpc) is 3.00. The molecule has 100 valence electrons. The summed E-state index contributed by atoms with van der Waals surface area (Å²) in [5.74, 6) is 1.25. The van der Waals surface area contributed by atoms with Gasteiger partial charge in [-0.1, -0.05) is 6.42 Å². The summed E-state index contributed by atoms with van der Waals surface area (Å²) in [4.78, 5) is 25.8. The highest BCUT2D eigenvalue weighted by Gasteiger charge is 2.46. The first-order valence-electron chi connectivity index (χ1n) is 6.97. The molecule has 3 aliphatic rings. The highest BCUT2D eigenvalue weighted by Crippen LogP contribution is 2.49. The van der Waals surface area contributed by atoms with Gasteiger partial charge in [-0.2, -0.15) is 0 Å². The van der Waals surface area contributed by atoms with Gasteiger partial charge in [0.2, 0.25) is 11.8 Å². The van der Waals surface area contributed by atoms with Crippen LogP contribution >= 0.6 is 0 Å². The van der Waals surface area contributed by atoms with Crippen LogP contribution in [0, 0.1) is 17.8 Å². The number of piperazine rings is 1. The molecule has 2 saturated carbocycles. The molecule has 0 radical (unpaired) electrons. The lowest BCUT2D eigenvalue weighted by molar-refractivity contribution is -0.145. The maximum absolute atomic E-state index is 12.6. The fraction of sp³-hybridized carbons (Fsp3) is 0.846. The molecule has 2 aliphatic carbocycles. The minimum Gasteiger partial charge on any atom is -0.368 e. The van der Waals surface area contributed by atoms with Crippen LogP contribution in [-0.4, -0.2) is 42.4 Å². The molecular weight excluding hydrogens is 230 g/mol. The molecule has 0 aromatic rings. The first-order valence-corrected chi connectivity index (χ1v) is 6.97. The van der Waals surface area contributed by atoms with E-state index in [1.165, 1.54) is 19.3 Å². The highest BCUT2D eigenvalue weighted by molar-refractivity contribution is 5.88. The van der Waals surface area contributed by atoms with Gasteiger partial charge < -0.3 is 16.0 Å². The largest absolute Gasteiger partial charge is 0.368 e. The van der Waals surface area contributed by atoms with Gasteiger partial charge in [-0.25, -0.2) is 0 Å². The van der Waals surface area contributed by atoms with E-state index in [4.69, 9.17) is 5.73 Å². The van der Waals surface area contributed by atoms with Crippen LogP contribution in [0.1, 0.15) is 25.7 Å². The topological polar surface area (TPSA) is 75.4 Å². The molecule has 3 rings (SSSR count). The molecular formula is C13H21N3O2. The van der Waals surface area contributed by atoms with E-state index < -0.39 is 11.9 Å². The number of nitrogens with one attached hydrogen (secondary N) is 1. The van der Waals surface area contributed by atoms with Gasteiger partial charge in [0.15, 0.2) is 0 Å². The smallest absolute Gasteiger partial charge is 0.241 e. The number of hydrogen-bond donors (Lipinski definition) is 2. The summed E-state index contributed by atoms with van der Waals surface area (Å²) >= 11 is 0. The molecule has 4 unspecified atom stereocenters. The van der Waals surface area contributed by atoms with Crippen molar-refractivity contribution in [3.05, 3.63) is 0 Å². The minimum atomic E-state index is -0.453. The molecule has 3 N–H and O–H groups in total. The van der Waals surface area contributed by atoms with Crippen LogP contribution in [0.2, 0.25) is 0 Å². The zero-order valence-electron chi connectivity index (χ0n) is 10.6. The Morgan fingerprint density at radius 2 is 2.06 bits per heavy atom. The maximum atomic E-state index is 12.6. The van der Waals surface area contributed by atoms with Crippen LogP contribution in [-0.2, 0) is 9.59 Å². The van der Waals surface area contributed by atoms with Gasteiger partial charge in [-0.3, -0.25) is 9.59 Å². The lowest BCUT2D eigenvalue weighted by Gasteiger charge is -2.37. The van der Waals surface area contributed by atoms with Crippen LogP contribution in [0.25, 0.3) is 0 Å². The Balaban J connectivity index is 1.72. The van der Waals surface area contributed by atoms with E-state index in [1.807, 2.05) is 0 Å². The van der Waals surface area contributed by atoms with Crippen molar-refractivity contribution in [2.24, 2.45) is 23.5 Å². The molecule has 1 saturated heterocycles. The van der Waals surface area contributed by atoms with Gasteiger partial charge in [0, 0.05) is 25.6 Å². The van der Waals surface area contributed by atoms with Crippen LogP contribution in [0.4, 0.5) is 0 Å². The molecule has 1 aliphatic heterocycles. The molecule has 2 bridgehead atoms. The van der Waals surface area contributed by atoms with Crippen molar-refractivity contribution < 1.29 is 9.59 Å². The summed E-state index contributed by atoms with van der Waals surface area (Å²) < 4.78 is 0. The van der Waals surface area contributed by atoms with Crippen LogP contribution < -0.4 is 11.1 Å². The number of carbonyl (C=O) groups is 2. The second-order valence-corrected chi connectivity index (χ2v) is 5.94. The number of rotatable bonds is 2. The Kier molecular flexibility index (Phi) is 3.01. The normalized spacial score (nSPS) is 39.0. The lowest BCUT2D eigenvalue weighted by atomic mass is 9.87. The number of primary amides is 1. The fourth-order valence-corrected chi connectivity index (χ4v) is 3.98. The Morgan fingerprint density at radius 3 is 2.67 bits per heavy atom. The number of nitrogens with two attached hydrogens (primary N) is 1. The zero-order chi connectivity index (χ0) is 12.7. The van der Waals surface area contributed by atoms with E-state index >= 15 is 0 Å². The van der Waals surface area contributed by atoms with Gasteiger partial charge in [0.05, 0.1) is 0 Å². The second-order valence-electron chi connectivity index (χ2n) is 5.94. The quantitative estimate of drug-likeness (QED) is 0.708. The molecule has 5 heteroatoms. The van der Waals surface area contributed by atoms with Crippen molar-refractivity contribution in [3.8, 4) is 0 Å². The summed E-state index contributed by atoms with van der Waals surface area (Å²) in [6, 6.07) is -0.453. The third-order valence-corrected chi connectivity index (χ3v) is 4.91. The van der Waals surface area contributed by atoms with Gasteiger partial charge in [0.25, 0.3) is 0 Å². The van der Waals surface area contributed by atoms with E-state index in [-0.39, 0.29) is 11.8 Å². The van der Waals surface area contributed by atoms with Crippen molar-refractivity contribution in [3.63, 3.8) is 0 Å². The Labute approximate surface area is 107 Å². The SMILES string of the molecule is NC(=O)C1CNCCN1C(=O)C1CC2CCC1C2. The summed E-state index contributed by atoms with van der Waals surface area (Å²) in [6.07, 6.45) is 4.71. The summed E-state index contributed by atoms with van der Waals surface area (Å²) in [5.41, 5.74) is 5.40. The number of fused-ring (bicyclic) bond motifs is 2. The standard InChI is InChI=1S/C13H21N3O2/c14-12(17)11-7-15-3-4-16(11)13(18)10-6-8-1-2-9(10)5-8/h8-11,15H,1-7H2,(H2,14,17). The average molecular weight is 251 g/mol. The molecule has 5 nitrogen and oxygen atoms in total. The van der Waals surface area contributed by atoms with Crippen LogP contribution in [0.5, 0.6) is 0 Å². The Hall–Kier alpha value is -1.10.